The van der Waals surface area contributed by atoms with Crippen molar-refractivity contribution < 1.29 is 9.53 Å². The number of rotatable bonds is 6. The molecule has 0 unspecified atom stereocenters. The summed E-state index contributed by atoms with van der Waals surface area (Å²) in [7, 11) is 0. The van der Waals surface area contributed by atoms with E-state index in [-0.39, 0.29) is 12.5 Å². The van der Waals surface area contributed by atoms with Gasteiger partial charge in [0.25, 0.3) is 5.91 Å². The van der Waals surface area contributed by atoms with E-state index in [9.17, 15) is 4.79 Å². The van der Waals surface area contributed by atoms with Gasteiger partial charge in [-0.1, -0.05) is 6.92 Å². The number of halogens is 1. The number of nitrogens with one attached hydrogen (secondary N) is 1. The second-order valence-electron chi connectivity index (χ2n) is 6.39. The van der Waals surface area contributed by atoms with Gasteiger partial charge in [0.05, 0.1) is 5.69 Å². The molecule has 3 rings (SSSR count). The van der Waals surface area contributed by atoms with Crippen molar-refractivity contribution in [2.75, 3.05) is 25.0 Å². The molecule has 1 aromatic carbocycles. The third kappa shape index (κ3) is 5.93. The summed E-state index contributed by atoms with van der Waals surface area (Å²) in [6.07, 6.45) is 2.51. The number of benzene rings is 1. The zero-order valence-electron chi connectivity index (χ0n) is 14.2. The highest BCUT2D eigenvalue weighted by Gasteiger charge is 2.17. The summed E-state index contributed by atoms with van der Waals surface area (Å²) in [6, 6.07) is 7.61. The topological polar surface area (TPSA) is 54.5 Å². The quantitative estimate of drug-likeness (QED) is 0.648. The summed E-state index contributed by atoms with van der Waals surface area (Å²) in [5.74, 6) is 1.33. The number of piperidine rings is 1. The van der Waals surface area contributed by atoms with Gasteiger partial charge in [-0.05, 0) is 78.7 Å². The van der Waals surface area contributed by atoms with E-state index in [0.717, 1.165) is 34.8 Å². The van der Waals surface area contributed by atoms with Gasteiger partial charge in [-0.2, -0.15) is 0 Å². The van der Waals surface area contributed by atoms with Gasteiger partial charge in [-0.3, -0.25) is 15.0 Å². The van der Waals surface area contributed by atoms with Gasteiger partial charge in [-0.25, -0.2) is 4.98 Å². The highest BCUT2D eigenvalue weighted by molar-refractivity contribution is 14.1. The van der Waals surface area contributed by atoms with Crippen LogP contribution in [-0.2, 0) is 11.3 Å². The molecule has 5 nitrogen and oxygen atoms in total. The first-order valence-electron chi connectivity index (χ1n) is 8.43. The van der Waals surface area contributed by atoms with Crippen LogP contribution in [0.25, 0.3) is 0 Å². The molecule has 0 spiro atoms. The number of likely N-dealkylation sites (tertiary alicyclic amines) is 1. The molecule has 0 radical (unpaired) electrons. The number of carbonyl (C=O) groups excluding carboxylic acids is 1. The van der Waals surface area contributed by atoms with Gasteiger partial charge in [0.2, 0.25) is 0 Å². The lowest BCUT2D eigenvalue weighted by Crippen LogP contribution is -2.32. The van der Waals surface area contributed by atoms with Crippen molar-refractivity contribution in [3.05, 3.63) is 38.9 Å². The summed E-state index contributed by atoms with van der Waals surface area (Å²) < 4.78 is 6.62. The molecule has 0 bridgehead atoms. The van der Waals surface area contributed by atoms with Crippen LogP contribution in [-0.4, -0.2) is 35.5 Å². The molecule has 1 aliphatic heterocycles. The van der Waals surface area contributed by atoms with E-state index in [1.165, 1.54) is 24.2 Å². The average Bonchev–Trinajstić information content (AvgIpc) is 3.03. The molecule has 1 N–H and O–H groups in total. The minimum absolute atomic E-state index is 0.0144. The van der Waals surface area contributed by atoms with Crippen LogP contribution in [0, 0.1) is 9.49 Å². The molecule has 134 valence electrons. The molecular formula is C18H22IN3O2S. The Bertz CT molecular complexity index is 697. The van der Waals surface area contributed by atoms with Gasteiger partial charge >= 0.3 is 0 Å². The monoisotopic (exact) mass is 471 g/mol. The van der Waals surface area contributed by atoms with Crippen LogP contribution in [0.3, 0.4) is 0 Å². The van der Waals surface area contributed by atoms with Gasteiger partial charge in [0.15, 0.2) is 11.7 Å². The Kier molecular flexibility index (Phi) is 6.66. The lowest BCUT2D eigenvalue weighted by molar-refractivity contribution is -0.118. The maximum Gasteiger partial charge on any atom is 0.264 e. The molecule has 2 heterocycles. The molecule has 1 aliphatic rings. The molecule has 2 aromatic rings. The highest BCUT2D eigenvalue weighted by Crippen LogP contribution is 2.21. The molecule has 1 saturated heterocycles. The third-order valence-corrected chi connectivity index (χ3v) is 5.77. The Morgan fingerprint density at radius 3 is 2.80 bits per heavy atom. The number of aromatic nitrogens is 1. The molecule has 1 amide bonds. The second kappa shape index (κ2) is 8.95. The van der Waals surface area contributed by atoms with E-state index in [1.54, 1.807) is 0 Å². The lowest BCUT2D eigenvalue weighted by Gasteiger charge is -2.29. The predicted octanol–water partition coefficient (Wildman–Crippen LogP) is 4.00. The van der Waals surface area contributed by atoms with Crippen molar-refractivity contribution >= 4 is 45.0 Å². The highest BCUT2D eigenvalue weighted by atomic mass is 127. The van der Waals surface area contributed by atoms with Crippen molar-refractivity contribution in [3.8, 4) is 5.75 Å². The minimum atomic E-state index is -0.189. The zero-order chi connectivity index (χ0) is 17.6. The van der Waals surface area contributed by atoms with Gasteiger partial charge in [0, 0.05) is 15.5 Å². The Labute approximate surface area is 165 Å². The normalized spacial score (nSPS) is 15.9. The fourth-order valence-electron chi connectivity index (χ4n) is 2.72. The number of thiazole rings is 1. The van der Waals surface area contributed by atoms with E-state index in [2.05, 4.69) is 44.7 Å². The standard InChI is InChI=1S/C18H22IN3O2S/c1-13-6-8-22(9-7-13)10-15-12-25-18(20-15)21-17(23)11-24-16-4-2-14(19)3-5-16/h2-5,12-13H,6-11H2,1H3,(H,20,21,23). The third-order valence-electron chi connectivity index (χ3n) is 4.24. The summed E-state index contributed by atoms with van der Waals surface area (Å²) in [6.45, 7) is 5.42. The average molecular weight is 471 g/mol. The van der Waals surface area contributed by atoms with Crippen LogP contribution < -0.4 is 10.1 Å². The number of anilines is 1. The molecule has 0 saturated carbocycles. The second-order valence-corrected chi connectivity index (χ2v) is 8.50. The largest absolute Gasteiger partial charge is 0.484 e. The maximum atomic E-state index is 12.0. The fourth-order valence-corrected chi connectivity index (χ4v) is 3.80. The first-order chi connectivity index (χ1) is 12.1. The molecule has 7 heteroatoms. The zero-order valence-corrected chi connectivity index (χ0v) is 17.2. The number of nitrogens with zero attached hydrogens (tertiary/aromatic N) is 2. The Balaban J connectivity index is 1.44. The smallest absolute Gasteiger partial charge is 0.264 e. The van der Waals surface area contributed by atoms with Crippen molar-refractivity contribution in [1.82, 2.24) is 9.88 Å². The number of carbonyl (C=O) groups is 1. The van der Waals surface area contributed by atoms with E-state index >= 15 is 0 Å². The fraction of sp³-hybridized carbons (Fsp3) is 0.444. The van der Waals surface area contributed by atoms with Crippen LogP contribution in [0.2, 0.25) is 0 Å². The number of hydrogen-bond acceptors (Lipinski definition) is 5. The van der Waals surface area contributed by atoms with Crippen LogP contribution in [0.5, 0.6) is 5.75 Å². The van der Waals surface area contributed by atoms with Crippen LogP contribution in [0.4, 0.5) is 5.13 Å². The van der Waals surface area contributed by atoms with Gasteiger partial charge in [-0.15, -0.1) is 11.3 Å². The van der Waals surface area contributed by atoms with E-state index < -0.39 is 0 Å². The van der Waals surface area contributed by atoms with Gasteiger partial charge < -0.3 is 4.74 Å². The van der Waals surface area contributed by atoms with Crippen LogP contribution in [0.1, 0.15) is 25.5 Å². The molecule has 0 atom stereocenters. The maximum absolute atomic E-state index is 12.0. The molecule has 1 fully saturated rings. The Morgan fingerprint density at radius 2 is 2.08 bits per heavy atom. The Hall–Kier alpha value is -1.19. The molecule has 1 aromatic heterocycles. The first-order valence-corrected chi connectivity index (χ1v) is 10.4. The number of amides is 1. The summed E-state index contributed by atoms with van der Waals surface area (Å²) in [5, 5.41) is 5.47. The summed E-state index contributed by atoms with van der Waals surface area (Å²) >= 11 is 3.70. The summed E-state index contributed by atoms with van der Waals surface area (Å²) in [4.78, 5) is 19.0. The lowest BCUT2D eigenvalue weighted by atomic mass is 9.99. The number of ether oxygens (including phenoxy) is 1. The molecule has 25 heavy (non-hydrogen) atoms. The molecular weight excluding hydrogens is 449 g/mol. The SMILES string of the molecule is CC1CCN(Cc2csc(NC(=O)COc3ccc(I)cc3)n2)CC1. The van der Waals surface area contributed by atoms with E-state index in [0.29, 0.717) is 10.9 Å². The van der Waals surface area contributed by atoms with E-state index in [4.69, 9.17) is 4.74 Å². The van der Waals surface area contributed by atoms with Crippen LogP contribution in [0.15, 0.2) is 29.6 Å². The van der Waals surface area contributed by atoms with Crippen molar-refractivity contribution in [3.63, 3.8) is 0 Å². The van der Waals surface area contributed by atoms with Crippen molar-refractivity contribution in [2.45, 2.75) is 26.3 Å². The van der Waals surface area contributed by atoms with E-state index in [1.807, 2.05) is 29.6 Å². The minimum Gasteiger partial charge on any atom is -0.484 e. The Morgan fingerprint density at radius 1 is 1.36 bits per heavy atom. The predicted molar refractivity (Wildman–Crippen MR) is 109 cm³/mol. The molecule has 0 aliphatic carbocycles. The van der Waals surface area contributed by atoms with Crippen LogP contribution >= 0.6 is 33.9 Å². The van der Waals surface area contributed by atoms with Gasteiger partial charge in [0.1, 0.15) is 5.75 Å². The number of hydrogen-bond donors (Lipinski definition) is 1. The van der Waals surface area contributed by atoms with Crippen molar-refractivity contribution in [1.29, 1.82) is 0 Å². The van der Waals surface area contributed by atoms with Crippen molar-refractivity contribution in [2.24, 2.45) is 5.92 Å². The summed E-state index contributed by atoms with van der Waals surface area (Å²) in [5.41, 5.74) is 1.02. The first kappa shape index (κ1) is 18.6.